The third kappa shape index (κ3) is 2.88. The summed E-state index contributed by atoms with van der Waals surface area (Å²) < 4.78 is 2.12. The molecule has 4 rings (SSSR count). The van der Waals surface area contributed by atoms with E-state index in [4.69, 9.17) is 5.73 Å². The smallest absolute Gasteiger partial charge is 0.254 e. The molecule has 5 nitrogen and oxygen atoms in total. The SMILES string of the molecule is Cc1nc2cc(C(=O)N3CCCCC3CN)ccc2n1-c1ccccc1. The number of likely N-dealkylation sites (tertiary alicyclic amines) is 1. The molecular weight excluding hydrogens is 324 g/mol. The molecule has 2 N–H and O–H groups in total. The lowest BCUT2D eigenvalue weighted by Gasteiger charge is -2.35. The number of hydrogen-bond donors (Lipinski definition) is 1. The van der Waals surface area contributed by atoms with E-state index in [1.807, 2.05) is 48.2 Å². The average Bonchev–Trinajstić information content (AvgIpc) is 3.02. The number of carbonyl (C=O) groups excluding carboxylic acids is 1. The van der Waals surface area contributed by atoms with Crippen molar-refractivity contribution < 1.29 is 4.79 Å². The lowest BCUT2D eigenvalue weighted by atomic mass is 10.0. The molecule has 1 unspecified atom stereocenters. The number of piperidine rings is 1. The standard InChI is InChI=1S/C21H24N4O/c1-15-23-19-13-16(21(26)24-12-6-5-9-18(24)14-22)10-11-20(19)25(15)17-7-3-2-4-8-17/h2-4,7-8,10-11,13,18H,5-6,9,12,14,22H2,1H3. The summed E-state index contributed by atoms with van der Waals surface area (Å²) in [6, 6.07) is 16.1. The first-order valence-electron chi connectivity index (χ1n) is 9.24. The molecule has 1 fully saturated rings. The van der Waals surface area contributed by atoms with Crippen molar-refractivity contribution in [1.29, 1.82) is 0 Å². The van der Waals surface area contributed by atoms with Crippen LogP contribution in [-0.4, -0.2) is 39.5 Å². The maximum absolute atomic E-state index is 13.0. The summed E-state index contributed by atoms with van der Waals surface area (Å²) in [7, 11) is 0. The van der Waals surface area contributed by atoms with Crippen molar-refractivity contribution in [3.63, 3.8) is 0 Å². The van der Waals surface area contributed by atoms with E-state index in [1.165, 1.54) is 0 Å². The highest BCUT2D eigenvalue weighted by Gasteiger charge is 2.26. The average molecular weight is 348 g/mol. The van der Waals surface area contributed by atoms with Crippen LogP contribution in [0.4, 0.5) is 0 Å². The fourth-order valence-corrected chi connectivity index (χ4v) is 3.92. The van der Waals surface area contributed by atoms with E-state index >= 15 is 0 Å². The van der Waals surface area contributed by atoms with Gasteiger partial charge in [-0.1, -0.05) is 18.2 Å². The minimum absolute atomic E-state index is 0.0639. The first kappa shape index (κ1) is 16.8. The summed E-state index contributed by atoms with van der Waals surface area (Å²) in [6.07, 6.45) is 3.18. The molecule has 1 saturated heterocycles. The maximum atomic E-state index is 13.0. The quantitative estimate of drug-likeness (QED) is 0.790. The Morgan fingerprint density at radius 2 is 2.00 bits per heavy atom. The van der Waals surface area contributed by atoms with Crippen molar-refractivity contribution >= 4 is 16.9 Å². The van der Waals surface area contributed by atoms with Crippen LogP contribution >= 0.6 is 0 Å². The molecule has 0 radical (unpaired) electrons. The summed E-state index contributed by atoms with van der Waals surface area (Å²) in [6.45, 7) is 3.30. The van der Waals surface area contributed by atoms with Crippen LogP contribution < -0.4 is 5.73 Å². The first-order valence-corrected chi connectivity index (χ1v) is 9.24. The lowest BCUT2D eigenvalue weighted by Crippen LogP contribution is -2.47. The van der Waals surface area contributed by atoms with Crippen LogP contribution in [0.25, 0.3) is 16.7 Å². The normalized spacial score (nSPS) is 17.6. The van der Waals surface area contributed by atoms with Gasteiger partial charge in [0.05, 0.1) is 11.0 Å². The highest BCUT2D eigenvalue weighted by molar-refractivity contribution is 5.98. The Morgan fingerprint density at radius 1 is 1.19 bits per heavy atom. The molecule has 26 heavy (non-hydrogen) atoms. The van der Waals surface area contributed by atoms with Gasteiger partial charge in [-0.3, -0.25) is 9.36 Å². The number of nitrogens with two attached hydrogens (primary N) is 1. The molecule has 1 aliphatic rings. The molecule has 1 atom stereocenters. The Hall–Kier alpha value is -2.66. The fraction of sp³-hybridized carbons (Fsp3) is 0.333. The molecular formula is C21H24N4O. The predicted molar refractivity (Wildman–Crippen MR) is 104 cm³/mol. The Morgan fingerprint density at radius 3 is 2.77 bits per heavy atom. The highest BCUT2D eigenvalue weighted by Crippen LogP contribution is 2.24. The van der Waals surface area contributed by atoms with Crippen LogP contribution in [-0.2, 0) is 0 Å². The maximum Gasteiger partial charge on any atom is 0.254 e. The Labute approximate surface area is 153 Å². The molecule has 2 aromatic carbocycles. The van der Waals surface area contributed by atoms with Crippen molar-refractivity contribution in [3.8, 4) is 5.69 Å². The van der Waals surface area contributed by atoms with Gasteiger partial charge < -0.3 is 10.6 Å². The summed E-state index contributed by atoms with van der Waals surface area (Å²) >= 11 is 0. The Kier molecular flexibility index (Phi) is 4.47. The number of benzene rings is 2. The van der Waals surface area contributed by atoms with Gasteiger partial charge in [0.2, 0.25) is 0 Å². The van der Waals surface area contributed by atoms with Gasteiger partial charge in [0.25, 0.3) is 5.91 Å². The van der Waals surface area contributed by atoms with E-state index in [9.17, 15) is 4.79 Å². The highest BCUT2D eigenvalue weighted by atomic mass is 16.2. The zero-order valence-electron chi connectivity index (χ0n) is 15.1. The number of carbonyl (C=O) groups is 1. The van der Waals surface area contributed by atoms with Crippen LogP contribution in [0.2, 0.25) is 0 Å². The number of rotatable bonds is 3. The molecule has 1 aliphatic heterocycles. The van der Waals surface area contributed by atoms with Gasteiger partial charge in [-0.05, 0) is 56.5 Å². The van der Waals surface area contributed by atoms with E-state index in [-0.39, 0.29) is 11.9 Å². The number of fused-ring (bicyclic) bond motifs is 1. The van der Waals surface area contributed by atoms with Gasteiger partial charge in [0.15, 0.2) is 0 Å². The zero-order chi connectivity index (χ0) is 18.1. The second kappa shape index (κ2) is 6.92. The molecule has 1 amide bonds. The number of aryl methyl sites for hydroxylation is 1. The molecule has 0 saturated carbocycles. The number of imidazole rings is 1. The second-order valence-corrected chi connectivity index (χ2v) is 6.92. The Balaban J connectivity index is 1.72. The third-order valence-corrected chi connectivity index (χ3v) is 5.24. The topological polar surface area (TPSA) is 64.2 Å². The minimum atomic E-state index is 0.0639. The molecule has 3 aromatic rings. The van der Waals surface area contributed by atoms with Gasteiger partial charge in [-0.2, -0.15) is 0 Å². The van der Waals surface area contributed by atoms with Gasteiger partial charge in [-0.15, -0.1) is 0 Å². The number of nitrogens with zero attached hydrogens (tertiary/aromatic N) is 3. The summed E-state index contributed by atoms with van der Waals surface area (Å²) in [5.74, 6) is 0.975. The monoisotopic (exact) mass is 348 g/mol. The van der Waals surface area contributed by atoms with Crippen LogP contribution in [0.15, 0.2) is 48.5 Å². The molecule has 1 aromatic heterocycles. The summed E-state index contributed by atoms with van der Waals surface area (Å²) in [5, 5.41) is 0. The molecule has 5 heteroatoms. The molecule has 0 spiro atoms. The van der Waals surface area contributed by atoms with E-state index in [2.05, 4.69) is 21.7 Å². The van der Waals surface area contributed by atoms with E-state index in [1.54, 1.807) is 0 Å². The largest absolute Gasteiger partial charge is 0.334 e. The van der Waals surface area contributed by atoms with Gasteiger partial charge in [0.1, 0.15) is 5.82 Å². The number of amides is 1. The number of para-hydroxylation sites is 1. The number of aromatic nitrogens is 2. The minimum Gasteiger partial charge on any atom is -0.334 e. The molecule has 0 aliphatic carbocycles. The van der Waals surface area contributed by atoms with E-state index in [0.29, 0.717) is 12.1 Å². The van der Waals surface area contributed by atoms with Crippen LogP contribution in [0.3, 0.4) is 0 Å². The van der Waals surface area contributed by atoms with Gasteiger partial charge in [0, 0.05) is 30.4 Å². The van der Waals surface area contributed by atoms with E-state index < -0.39 is 0 Å². The second-order valence-electron chi connectivity index (χ2n) is 6.92. The van der Waals surface area contributed by atoms with Crippen LogP contribution in [0.5, 0.6) is 0 Å². The van der Waals surface area contributed by atoms with Crippen LogP contribution in [0, 0.1) is 6.92 Å². The fourth-order valence-electron chi connectivity index (χ4n) is 3.92. The molecule has 0 bridgehead atoms. The van der Waals surface area contributed by atoms with Crippen molar-refractivity contribution in [2.24, 2.45) is 5.73 Å². The van der Waals surface area contributed by atoms with E-state index in [0.717, 1.165) is 48.4 Å². The van der Waals surface area contributed by atoms with Gasteiger partial charge in [-0.25, -0.2) is 4.98 Å². The van der Waals surface area contributed by atoms with Crippen molar-refractivity contribution in [1.82, 2.24) is 14.5 Å². The van der Waals surface area contributed by atoms with Gasteiger partial charge >= 0.3 is 0 Å². The summed E-state index contributed by atoms with van der Waals surface area (Å²) in [5.41, 5.74) is 9.50. The van der Waals surface area contributed by atoms with Crippen molar-refractivity contribution in [2.75, 3.05) is 13.1 Å². The molecule has 2 heterocycles. The number of hydrogen-bond acceptors (Lipinski definition) is 3. The molecule has 134 valence electrons. The van der Waals surface area contributed by atoms with Crippen molar-refractivity contribution in [3.05, 3.63) is 59.9 Å². The Bertz CT molecular complexity index is 932. The lowest BCUT2D eigenvalue weighted by molar-refractivity contribution is 0.0623. The van der Waals surface area contributed by atoms with Crippen molar-refractivity contribution in [2.45, 2.75) is 32.2 Å². The third-order valence-electron chi connectivity index (χ3n) is 5.24. The summed E-state index contributed by atoms with van der Waals surface area (Å²) in [4.78, 5) is 19.6. The van der Waals surface area contributed by atoms with Crippen LogP contribution in [0.1, 0.15) is 35.4 Å². The first-order chi connectivity index (χ1) is 12.7. The zero-order valence-corrected chi connectivity index (χ0v) is 15.1. The predicted octanol–water partition coefficient (Wildman–Crippen LogP) is 3.29.